The van der Waals surface area contributed by atoms with Gasteiger partial charge in [0.1, 0.15) is 5.75 Å². The van der Waals surface area contributed by atoms with Crippen molar-refractivity contribution < 1.29 is 14.3 Å². The first-order valence-electron chi connectivity index (χ1n) is 10.5. The van der Waals surface area contributed by atoms with Crippen LogP contribution in [0.4, 0.5) is 11.4 Å². The van der Waals surface area contributed by atoms with Crippen LogP contribution in [0.1, 0.15) is 17.3 Å². The molecule has 0 aliphatic rings. The number of methoxy groups -OCH3 is 1. The Morgan fingerprint density at radius 2 is 1.79 bits per heavy atom. The molecule has 2 heterocycles. The van der Waals surface area contributed by atoms with Crippen molar-refractivity contribution in [1.82, 2.24) is 14.8 Å². The van der Waals surface area contributed by atoms with Crippen LogP contribution in [0.2, 0.25) is 0 Å². The van der Waals surface area contributed by atoms with Crippen molar-refractivity contribution in [3.8, 4) is 16.5 Å². The van der Waals surface area contributed by atoms with Gasteiger partial charge in [0.25, 0.3) is 5.91 Å². The summed E-state index contributed by atoms with van der Waals surface area (Å²) >= 11 is 2.94. The molecule has 0 bridgehead atoms. The Hall–Kier alpha value is -3.63. The van der Waals surface area contributed by atoms with E-state index in [9.17, 15) is 9.59 Å². The molecule has 2 amide bonds. The van der Waals surface area contributed by atoms with Crippen molar-refractivity contribution in [3.63, 3.8) is 0 Å². The van der Waals surface area contributed by atoms with E-state index in [4.69, 9.17) is 4.74 Å². The van der Waals surface area contributed by atoms with Gasteiger partial charge in [0.15, 0.2) is 11.0 Å². The molecule has 2 aromatic heterocycles. The fourth-order valence-corrected chi connectivity index (χ4v) is 4.74. The number of nitrogens with one attached hydrogen (secondary N) is 2. The molecule has 174 valence electrons. The molecule has 0 aliphatic heterocycles. The van der Waals surface area contributed by atoms with Crippen LogP contribution in [0.25, 0.3) is 10.7 Å². The predicted octanol–water partition coefficient (Wildman–Crippen LogP) is 5.02. The number of benzene rings is 2. The summed E-state index contributed by atoms with van der Waals surface area (Å²) < 4.78 is 7.12. The lowest BCUT2D eigenvalue weighted by Crippen LogP contribution is -2.15. The van der Waals surface area contributed by atoms with Gasteiger partial charge in [-0.15, -0.1) is 21.5 Å². The van der Waals surface area contributed by atoms with Gasteiger partial charge in [0, 0.05) is 23.5 Å². The van der Waals surface area contributed by atoms with Crippen molar-refractivity contribution in [2.45, 2.75) is 18.6 Å². The van der Waals surface area contributed by atoms with Gasteiger partial charge < -0.3 is 19.9 Å². The summed E-state index contributed by atoms with van der Waals surface area (Å²) in [5.41, 5.74) is 1.68. The summed E-state index contributed by atoms with van der Waals surface area (Å²) in [6.45, 7) is 2.73. The Kier molecular flexibility index (Phi) is 7.61. The van der Waals surface area contributed by atoms with Crippen LogP contribution in [-0.2, 0) is 11.3 Å². The van der Waals surface area contributed by atoms with E-state index in [0.717, 1.165) is 10.7 Å². The van der Waals surface area contributed by atoms with Gasteiger partial charge in [-0.25, -0.2) is 0 Å². The molecular formula is C24H23N5O3S2. The van der Waals surface area contributed by atoms with Crippen molar-refractivity contribution in [1.29, 1.82) is 0 Å². The topological polar surface area (TPSA) is 98.1 Å². The van der Waals surface area contributed by atoms with E-state index in [1.165, 1.54) is 11.8 Å². The number of anilines is 2. The third-order valence-electron chi connectivity index (χ3n) is 4.86. The van der Waals surface area contributed by atoms with Crippen molar-refractivity contribution in [2.24, 2.45) is 0 Å². The maximum Gasteiger partial charge on any atom is 0.255 e. The molecule has 0 aliphatic carbocycles. The van der Waals surface area contributed by atoms with E-state index in [1.54, 1.807) is 67.0 Å². The number of rotatable bonds is 9. The molecule has 0 saturated carbocycles. The Bertz CT molecular complexity index is 1270. The highest BCUT2D eigenvalue weighted by molar-refractivity contribution is 7.99. The minimum atomic E-state index is -0.248. The number of carbonyl (C=O) groups excluding carboxylic acids is 2. The van der Waals surface area contributed by atoms with E-state index in [0.29, 0.717) is 34.4 Å². The molecule has 34 heavy (non-hydrogen) atoms. The van der Waals surface area contributed by atoms with Gasteiger partial charge in [-0.3, -0.25) is 9.59 Å². The second-order valence-electron chi connectivity index (χ2n) is 7.13. The molecule has 0 spiro atoms. The van der Waals surface area contributed by atoms with Gasteiger partial charge in [0.05, 0.1) is 17.7 Å². The van der Waals surface area contributed by atoms with Crippen LogP contribution in [0.5, 0.6) is 5.75 Å². The van der Waals surface area contributed by atoms with Crippen LogP contribution in [0.3, 0.4) is 0 Å². The molecule has 2 aromatic carbocycles. The molecule has 4 rings (SSSR count). The number of ether oxygens (including phenoxy) is 1. The Morgan fingerprint density at radius 1 is 1.03 bits per heavy atom. The summed E-state index contributed by atoms with van der Waals surface area (Å²) in [5, 5.41) is 16.9. The zero-order valence-corrected chi connectivity index (χ0v) is 20.3. The largest absolute Gasteiger partial charge is 0.497 e. The molecule has 0 atom stereocenters. The summed E-state index contributed by atoms with van der Waals surface area (Å²) in [7, 11) is 1.57. The summed E-state index contributed by atoms with van der Waals surface area (Å²) in [6.07, 6.45) is 0. The summed E-state index contributed by atoms with van der Waals surface area (Å²) in [6, 6.07) is 17.8. The van der Waals surface area contributed by atoms with Crippen molar-refractivity contribution >= 4 is 46.3 Å². The number of thiophene rings is 1. The fourth-order valence-electron chi connectivity index (χ4n) is 3.22. The molecule has 0 radical (unpaired) electrons. The molecule has 0 saturated heterocycles. The highest BCUT2D eigenvalue weighted by atomic mass is 32.2. The van der Waals surface area contributed by atoms with Crippen LogP contribution in [0, 0.1) is 0 Å². The normalized spacial score (nSPS) is 10.6. The average molecular weight is 494 g/mol. The third kappa shape index (κ3) is 5.64. The molecular weight excluding hydrogens is 470 g/mol. The second-order valence-corrected chi connectivity index (χ2v) is 9.02. The first-order valence-corrected chi connectivity index (χ1v) is 12.4. The van der Waals surface area contributed by atoms with Crippen LogP contribution in [-0.4, -0.2) is 39.4 Å². The number of hydrogen-bond acceptors (Lipinski definition) is 7. The van der Waals surface area contributed by atoms with Gasteiger partial charge in [-0.1, -0.05) is 23.9 Å². The second kappa shape index (κ2) is 11.0. The highest BCUT2D eigenvalue weighted by Crippen LogP contribution is 2.27. The van der Waals surface area contributed by atoms with Crippen molar-refractivity contribution in [2.75, 3.05) is 23.5 Å². The van der Waals surface area contributed by atoms with E-state index in [2.05, 4.69) is 20.8 Å². The van der Waals surface area contributed by atoms with Gasteiger partial charge in [0.2, 0.25) is 5.91 Å². The van der Waals surface area contributed by atoms with Crippen LogP contribution >= 0.6 is 23.1 Å². The Balaban J connectivity index is 1.35. The summed E-state index contributed by atoms with van der Waals surface area (Å²) in [4.78, 5) is 26.1. The Morgan fingerprint density at radius 3 is 2.47 bits per heavy atom. The van der Waals surface area contributed by atoms with E-state index < -0.39 is 0 Å². The van der Waals surface area contributed by atoms with Crippen molar-refractivity contribution in [3.05, 3.63) is 71.6 Å². The standard InChI is InChI=1S/C24H23N5O3S2/c1-3-29-22(20-8-5-13-33-20)27-28-24(29)34-15-21(30)25-17-6-4-7-18(14-17)26-23(31)16-9-11-19(32-2)12-10-16/h4-14H,3,15H2,1-2H3,(H,25,30)(H,26,31). The predicted molar refractivity (Wildman–Crippen MR) is 136 cm³/mol. The maximum atomic E-state index is 12.5. The zero-order valence-electron chi connectivity index (χ0n) is 18.6. The lowest BCUT2D eigenvalue weighted by atomic mass is 10.2. The number of aromatic nitrogens is 3. The maximum absolute atomic E-state index is 12.5. The van der Waals surface area contributed by atoms with Crippen LogP contribution in [0.15, 0.2) is 71.2 Å². The highest BCUT2D eigenvalue weighted by Gasteiger charge is 2.15. The first-order chi connectivity index (χ1) is 16.6. The van der Waals surface area contributed by atoms with E-state index in [1.807, 2.05) is 29.0 Å². The number of hydrogen-bond donors (Lipinski definition) is 2. The minimum absolute atomic E-state index is 0.174. The number of amides is 2. The Labute approximate surface area is 205 Å². The number of carbonyl (C=O) groups is 2. The molecule has 10 heteroatoms. The van der Waals surface area contributed by atoms with E-state index in [-0.39, 0.29) is 17.6 Å². The number of thioether (sulfide) groups is 1. The monoisotopic (exact) mass is 493 g/mol. The minimum Gasteiger partial charge on any atom is -0.497 e. The van der Waals surface area contributed by atoms with Gasteiger partial charge >= 0.3 is 0 Å². The quantitative estimate of drug-likeness (QED) is 0.318. The smallest absolute Gasteiger partial charge is 0.255 e. The summed E-state index contributed by atoms with van der Waals surface area (Å²) in [5.74, 6) is 1.25. The zero-order chi connectivity index (χ0) is 23.9. The lowest BCUT2D eigenvalue weighted by Gasteiger charge is -2.10. The van der Waals surface area contributed by atoms with Crippen LogP contribution < -0.4 is 15.4 Å². The molecule has 0 fully saturated rings. The molecule has 4 aromatic rings. The third-order valence-corrected chi connectivity index (χ3v) is 6.70. The molecule has 0 unspecified atom stereocenters. The van der Waals surface area contributed by atoms with E-state index >= 15 is 0 Å². The fraction of sp³-hybridized carbons (Fsp3) is 0.167. The SMILES string of the molecule is CCn1c(SCC(=O)Nc2cccc(NC(=O)c3ccc(OC)cc3)c2)nnc1-c1cccs1. The van der Waals surface area contributed by atoms with Gasteiger partial charge in [-0.2, -0.15) is 0 Å². The van der Waals surface area contributed by atoms with Gasteiger partial charge in [-0.05, 0) is 60.8 Å². The first kappa shape index (κ1) is 23.5. The average Bonchev–Trinajstić information content (AvgIpc) is 3.52. The molecule has 2 N–H and O–H groups in total. The lowest BCUT2D eigenvalue weighted by molar-refractivity contribution is -0.113. The molecule has 8 nitrogen and oxygen atoms in total. The number of nitrogens with zero attached hydrogens (tertiary/aromatic N) is 3.